The highest BCUT2D eigenvalue weighted by molar-refractivity contribution is 5.80. The van der Waals surface area contributed by atoms with Gasteiger partial charge in [-0.05, 0) is 53.1 Å². The van der Waals surface area contributed by atoms with E-state index in [4.69, 9.17) is 15.5 Å². The molecule has 0 spiro atoms. The fraction of sp³-hybridized carbons (Fsp3) is 0.889. The fourth-order valence-corrected chi connectivity index (χ4v) is 3.19. The molecule has 7 nitrogen and oxygen atoms in total. The number of ether oxygens (including phenoxy) is 1. The molecule has 1 heterocycles. The molecular weight excluding hydrogens is 318 g/mol. The molecule has 0 aromatic heterocycles. The van der Waals surface area contributed by atoms with Crippen LogP contribution in [0.1, 0.15) is 39.5 Å². The zero-order valence-corrected chi connectivity index (χ0v) is 16.5. The molecule has 1 aliphatic heterocycles. The van der Waals surface area contributed by atoms with E-state index < -0.39 is 0 Å². The third-order valence-corrected chi connectivity index (χ3v) is 4.39. The minimum absolute atomic E-state index is 0.132. The monoisotopic (exact) mass is 355 g/mol. The van der Waals surface area contributed by atoms with Crippen LogP contribution in [-0.2, 0) is 9.53 Å². The number of rotatable bonds is 10. The highest BCUT2D eigenvalue weighted by Crippen LogP contribution is 2.19. The molecule has 0 aliphatic carbocycles. The minimum atomic E-state index is -0.214. The first kappa shape index (κ1) is 21.7. The smallest absolute Gasteiger partial charge is 0.217 e. The third kappa shape index (κ3) is 9.07. The van der Waals surface area contributed by atoms with Crippen LogP contribution < -0.4 is 11.1 Å². The molecule has 146 valence electrons. The number of amides is 1. The predicted molar refractivity (Wildman–Crippen MR) is 103 cm³/mol. The highest BCUT2D eigenvalue weighted by atomic mass is 16.5. The van der Waals surface area contributed by atoms with Gasteiger partial charge in [-0.15, -0.1) is 0 Å². The van der Waals surface area contributed by atoms with E-state index in [1.165, 1.54) is 0 Å². The van der Waals surface area contributed by atoms with Crippen LogP contribution in [0.2, 0.25) is 0 Å². The van der Waals surface area contributed by atoms with Crippen LogP contribution >= 0.6 is 0 Å². The second-order valence-electron chi connectivity index (χ2n) is 6.99. The van der Waals surface area contributed by atoms with Crippen molar-refractivity contribution in [3.63, 3.8) is 0 Å². The molecular formula is C18H37N5O2. The number of carbonyl (C=O) groups excluding carboxylic acids is 1. The quantitative estimate of drug-likeness (QED) is 0.449. The van der Waals surface area contributed by atoms with Crippen molar-refractivity contribution >= 4 is 11.9 Å². The Morgan fingerprint density at radius 2 is 2.20 bits per heavy atom. The van der Waals surface area contributed by atoms with Gasteiger partial charge >= 0.3 is 0 Å². The molecule has 0 bridgehead atoms. The molecule has 0 saturated carbocycles. The molecule has 2 atom stereocenters. The van der Waals surface area contributed by atoms with Crippen LogP contribution in [0, 0.1) is 5.92 Å². The van der Waals surface area contributed by atoms with E-state index in [9.17, 15) is 4.79 Å². The van der Waals surface area contributed by atoms with Crippen molar-refractivity contribution in [2.24, 2.45) is 16.6 Å². The summed E-state index contributed by atoms with van der Waals surface area (Å²) < 4.78 is 5.84. The largest absolute Gasteiger partial charge is 0.377 e. The molecule has 0 aromatic rings. The number of primary amides is 1. The number of likely N-dealkylation sites (tertiary alicyclic amines) is 1. The van der Waals surface area contributed by atoms with E-state index >= 15 is 0 Å². The average Bonchev–Trinajstić information content (AvgIpc) is 2.55. The van der Waals surface area contributed by atoms with Gasteiger partial charge in [-0.25, -0.2) is 0 Å². The SMILES string of the molecule is CCNC(=NCC(CCN(C)C)OCC)N1CCCC(CC(N)=O)C1. The van der Waals surface area contributed by atoms with E-state index in [-0.39, 0.29) is 12.0 Å². The number of hydrogen-bond acceptors (Lipinski definition) is 4. The Labute approximate surface area is 153 Å². The zero-order chi connectivity index (χ0) is 18.7. The van der Waals surface area contributed by atoms with Crippen LogP contribution in [-0.4, -0.2) is 81.2 Å². The molecule has 1 rings (SSSR count). The maximum atomic E-state index is 11.2. The highest BCUT2D eigenvalue weighted by Gasteiger charge is 2.23. The van der Waals surface area contributed by atoms with Gasteiger partial charge in [0.1, 0.15) is 0 Å². The van der Waals surface area contributed by atoms with Crippen molar-refractivity contribution in [3.05, 3.63) is 0 Å². The van der Waals surface area contributed by atoms with Gasteiger partial charge < -0.3 is 25.6 Å². The summed E-state index contributed by atoms with van der Waals surface area (Å²) in [5, 5.41) is 3.38. The molecule has 25 heavy (non-hydrogen) atoms. The van der Waals surface area contributed by atoms with Gasteiger partial charge in [0, 0.05) is 39.2 Å². The number of carbonyl (C=O) groups is 1. The van der Waals surface area contributed by atoms with E-state index in [1.54, 1.807) is 0 Å². The first-order chi connectivity index (χ1) is 12.0. The Morgan fingerprint density at radius 1 is 1.44 bits per heavy atom. The summed E-state index contributed by atoms with van der Waals surface area (Å²) in [7, 11) is 4.14. The first-order valence-corrected chi connectivity index (χ1v) is 9.54. The van der Waals surface area contributed by atoms with E-state index in [0.717, 1.165) is 51.4 Å². The topological polar surface area (TPSA) is 83.2 Å². The average molecular weight is 356 g/mol. The minimum Gasteiger partial charge on any atom is -0.377 e. The van der Waals surface area contributed by atoms with Crippen molar-refractivity contribution in [1.82, 2.24) is 15.1 Å². The second kappa shape index (κ2) is 12.1. The predicted octanol–water partition coefficient (Wildman–Crippen LogP) is 0.896. The van der Waals surface area contributed by atoms with Crippen molar-refractivity contribution in [2.45, 2.75) is 45.6 Å². The summed E-state index contributed by atoms with van der Waals surface area (Å²) in [5.41, 5.74) is 5.37. The molecule has 0 radical (unpaired) electrons. The summed E-state index contributed by atoms with van der Waals surface area (Å²) in [6.45, 7) is 9.08. The number of guanidine groups is 1. The summed E-state index contributed by atoms with van der Waals surface area (Å²) in [6.07, 6.45) is 3.68. The summed E-state index contributed by atoms with van der Waals surface area (Å²) in [6, 6.07) is 0. The van der Waals surface area contributed by atoms with Gasteiger partial charge in [0.05, 0.1) is 12.6 Å². The Morgan fingerprint density at radius 3 is 2.80 bits per heavy atom. The fourth-order valence-electron chi connectivity index (χ4n) is 3.19. The molecule has 1 fully saturated rings. The molecule has 7 heteroatoms. The van der Waals surface area contributed by atoms with Crippen molar-refractivity contribution < 1.29 is 9.53 Å². The number of hydrogen-bond donors (Lipinski definition) is 2. The van der Waals surface area contributed by atoms with Gasteiger partial charge in [0.2, 0.25) is 5.91 Å². The van der Waals surface area contributed by atoms with Crippen molar-refractivity contribution in [1.29, 1.82) is 0 Å². The second-order valence-corrected chi connectivity index (χ2v) is 6.99. The number of piperidine rings is 1. The lowest BCUT2D eigenvalue weighted by Gasteiger charge is -2.35. The van der Waals surface area contributed by atoms with Crippen molar-refractivity contribution in [2.75, 3.05) is 53.4 Å². The molecule has 1 aliphatic rings. The number of nitrogens with two attached hydrogens (primary N) is 1. The van der Waals surface area contributed by atoms with Crippen LogP contribution in [0.25, 0.3) is 0 Å². The number of nitrogens with one attached hydrogen (secondary N) is 1. The molecule has 2 unspecified atom stereocenters. The number of aliphatic imine (C=N–C) groups is 1. The zero-order valence-electron chi connectivity index (χ0n) is 16.5. The third-order valence-electron chi connectivity index (χ3n) is 4.39. The van der Waals surface area contributed by atoms with E-state index in [2.05, 4.69) is 36.1 Å². The Bertz CT molecular complexity index is 414. The van der Waals surface area contributed by atoms with Gasteiger partial charge in [0.25, 0.3) is 0 Å². The number of nitrogens with zero attached hydrogens (tertiary/aromatic N) is 3. The summed E-state index contributed by atoms with van der Waals surface area (Å²) >= 11 is 0. The summed E-state index contributed by atoms with van der Waals surface area (Å²) in [5.74, 6) is 1.03. The van der Waals surface area contributed by atoms with Gasteiger partial charge in [-0.1, -0.05) is 0 Å². The van der Waals surface area contributed by atoms with E-state index in [0.29, 0.717) is 25.5 Å². The Balaban J connectivity index is 2.68. The van der Waals surface area contributed by atoms with Crippen LogP contribution in [0.5, 0.6) is 0 Å². The van der Waals surface area contributed by atoms with Crippen molar-refractivity contribution in [3.8, 4) is 0 Å². The lowest BCUT2D eigenvalue weighted by Crippen LogP contribution is -2.47. The van der Waals surface area contributed by atoms with E-state index in [1.807, 2.05) is 6.92 Å². The van der Waals surface area contributed by atoms with Crippen LogP contribution in [0.4, 0.5) is 0 Å². The first-order valence-electron chi connectivity index (χ1n) is 9.54. The molecule has 1 amide bonds. The molecule has 3 N–H and O–H groups in total. The summed E-state index contributed by atoms with van der Waals surface area (Å²) in [4.78, 5) is 20.5. The normalized spacial score (nSPS) is 20.0. The van der Waals surface area contributed by atoms with Crippen LogP contribution in [0.3, 0.4) is 0 Å². The lowest BCUT2D eigenvalue weighted by atomic mass is 9.95. The van der Waals surface area contributed by atoms with Gasteiger partial charge in [0.15, 0.2) is 5.96 Å². The molecule has 0 aromatic carbocycles. The van der Waals surface area contributed by atoms with Gasteiger partial charge in [-0.3, -0.25) is 9.79 Å². The van der Waals surface area contributed by atoms with Crippen LogP contribution in [0.15, 0.2) is 4.99 Å². The molecule has 1 saturated heterocycles. The Kier molecular flexibility index (Phi) is 10.5. The van der Waals surface area contributed by atoms with Gasteiger partial charge in [-0.2, -0.15) is 0 Å². The Hall–Kier alpha value is -1.34. The lowest BCUT2D eigenvalue weighted by molar-refractivity contribution is -0.119. The standard InChI is InChI=1S/C18H37N5O2/c1-5-20-18(21-13-16(25-6-2)9-11-22(3)4)23-10-7-8-15(14-23)12-17(19)24/h15-16H,5-14H2,1-4H3,(H2,19,24)(H,20,21). The maximum absolute atomic E-state index is 11.2. The maximum Gasteiger partial charge on any atom is 0.217 e.